The number of hydrogen-bond donors (Lipinski definition) is 3. The van der Waals surface area contributed by atoms with Crippen molar-refractivity contribution in [3.8, 4) is 0 Å². The van der Waals surface area contributed by atoms with Gasteiger partial charge in [-0.3, -0.25) is 10.1 Å². The maximum absolute atomic E-state index is 11.6. The smallest absolute Gasteiger partial charge is 0.321 e. The molecule has 0 heterocycles. The van der Waals surface area contributed by atoms with Crippen LogP contribution in [0.1, 0.15) is 12.8 Å². The predicted molar refractivity (Wildman–Crippen MR) is 79.0 cm³/mol. The molecule has 3 amide bonds. The molecule has 0 unspecified atom stereocenters. The number of nitrogens with one attached hydrogen (secondary N) is 2. The molecule has 1 fully saturated rings. The van der Waals surface area contributed by atoms with Crippen LogP contribution in [0.15, 0.2) is 27.6 Å². The number of carbonyl (C=O) groups is 2. The zero-order chi connectivity index (χ0) is 13.8. The Morgan fingerprint density at radius 2 is 2.16 bits per heavy atom. The fourth-order valence-electron chi connectivity index (χ4n) is 1.39. The van der Waals surface area contributed by atoms with E-state index in [1.54, 1.807) is 6.07 Å². The molecule has 0 spiro atoms. The lowest BCUT2D eigenvalue weighted by atomic mass is 10.3. The number of imide groups is 1. The molecule has 1 aliphatic carbocycles. The number of anilines is 1. The maximum atomic E-state index is 11.6. The Morgan fingerprint density at radius 3 is 2.84 bits per heavy atom. The molecule has 19 heavy (non-hydrogen) atoms. The topological polar surface area (TPSA) is 84.2 Å². The van der Waals surface area contributed by atoms with Gasteiger partial charge >= 0.3 is 6.03 Å². The summed E-state index contributed by atoms with van der Waals surface area (Å²) in [6.07, 6.45) is 1.98. The summed E-state index contributed by atoms with van der Waals surface area (Å²) >= 11 is 4.64. The molecule has 0 aliphatic heterocycles. The number of amides is 3. The van der Waals surface area contributed by atoms with Gasteiger partial charge in [-0.25, -0.2) is 4.79 Å². The summed E-state index contributed by atoms with van der Waals surface area (Å²) < 4.78 is 0.899. The van der Waals surface area contributed by atoms with Crippen molar-refractivity contribution in [3.63, 3.8) is 0 Å². The van der Waals surface area contributed by atoms with Crippen molar-refractivity contribution in [1.29, 1.82) is 0 Å². The number of nitrogen functional groups attached to an aromatic ring is 1. The summed E-state index contributed by atoms with van der Waals surface area (Å²) in [7, 11) is 0. The highest BCUT2D eigenvalue weighted by Crippen LogP contribution is 2.28. The van der Waals surface area contributed by atoms with Gasteiger partial charge in [-0.05, 0) is 31.0 Å². The van der Waals surface area contributed by atoms with E-state index in [0.29, 0.717) is 5.69 Å². The molecule has 2 rings (SSSR count). The van der Waals surface area contributed by atoms with Crippen LogP contribution in [-0.2, 0) is 4.79 Å². The summed E-state index contributed by atoms with van der Waals surface area (Å²) in [5, 5.41) is 4.98. The number of nitrogens with two attached hydrogens (primary N) is 1. The molecule has 0 atom stereocenters. The van der Waals surface area contributed by atoms with Crippen molar-refractivity contribution in [3.05, 3.63) is 22.7 Å². The molecule has 1 aromatic rings. The third-order valence-corrected chi connectivity index (χ3v) is 4.06. The van der Waals surface area contributed by atoms with Gasteiger partial charge in [0.25, 0.3) is 0 Å². The minimum atomic E-state index is -0.421. The normalized spacial score (nSPS) is 13.9. The quantitative estimate of drug-likeness (QED) is 0.577. The van der Waals surface area contributed by atoms with Gasteiger partial charge in [0, 0.05) is 21.1 Å². The lowest BCUT2D eigenvalue weighted by Crippen LogP contribution is -2.41. The third kappa shape index (κ3) is 4.76. The van der Waals surface area contributed by atoms with E-state index in [-0.39, 0.29) is 17.7 Å². The molecule has 0 bridgehead atoms. The van der Waals surface area contributed by atoms with E-state index in [0.717, 1.165) is 22.2 Å². The summed E-state index contributed by atoms with van der Waals surface area (Å²) in [5.74, 6) is -0.179. The molecule has 0 radical (unpaired) electrons. The Bertz CT molecular complexity index is 506. The number of benzene rings is 1. The Hall–Kier alpha value is -1.21. The average molecular weight is 344 g/mol. The van der Waals surface area contributed by atoms with E-state index in [4.69, 9.17) is 5.73 Å². The van der Waals surface area contributed by atoms with E-state index < -0.39 is 6.03 Å². The van der Waals surface area contributed by atoms with Crippen molar-refractivity contribution in [2.24, 2.45) is 0 Å². The molecule has 5 nitrogen and oxygen atoms in total. The van der Waals surface area contributed by atoms with Gasteiger partial charge in [0.2, 0.25) is 5.91 Å². The number of hydrogen-bond acceptors (Lipinski definition) is 4. The van der Waals surface area contributed by atoms with Crippen molar-refractivity contribution >= 4 is 45.3 Å². The monoisotopic (exact) mass is 343 g/mol. The largest absolute Gasteiger partial charge is 0.398 e. The van der Waals surface area contributed by atoms with Gasteiger partial charge in [0.15, 0.2) is 0 Å². The zero-order valence-corrected chi connectivity index (χ0v) is 12.5. The molecule has 0 aromatic heterocycles. The van der Waals surface area contributed by atoms with Crippen LogP contribution < -0.4 is 16.4 Å². The first-order valence-electron chi connectivity index (χ1n) is 5.83. The SMILES string of the molecule is Nc1ccc(Br)cc1SCC(=O)NC(=O)NC1CC1. The van der Waals surface area contributed by atoms with Crippen LogP contribution in [0.25, 0.3) is 0 Å². The van der Waals surface area contributed by atoms with Crippen molar-refractivity contribution in [2.45, 2.75) is 23.8 Å². The fourth-order valence-corrected chi connectivity index (χ4v) is 2.70. The standard InChI is InChI=1S/C12H14BrN3O2S/c13-7-1-4-9(14)10(5-7)19-6-11(17)16-12(18)15-8-2-3-8/h1,4-5,8H,2-3,6,14H2,(H2,15,16,17,18). The van der Waals surface area contributed by atoms with Crippen LogP contribution in [0, 0.1) is 0 Å². The zero-order valence-electron chi connectivity index (χ0n) is 10.1. The van der Waals surface area contributed by atoms with Crippen LogP contribution in [-0.4, -0.2) is 23.7 Å². The van der Waals surface area contributed by atoms with Crippen LogP contribution in [0.5, 0.6) is 0 Å². The second kappa shape index (κ2) is 6.29. The number of urea groups is 1. The van der Waals surface area contributed by atoms with Gasteiger partial charge in [-0.1, -0.05) is 15.9 Å². The highest BCUT2D eigenvalue weighted by atomic mass is 79.9. The van der Waals surface area contributed by atoms with Gasteiger partial charge in [0.1, 0.15) is 0 Å². The van der Waals surface area contributed by atoms with Crippen LogP contribution >= 0.6 is 27.7 Å². The van der Waals surface area contributed by atoms with E-state index >= 15 is 0 Å². The van der Waals surface area contributed by atoms with E-state index in [9.17, 15) is 9.59 Å². The molecule has 4 N–H and O–H groups in total. The highest BCUT2D eigenvalue weighted by Gasteiger charge is 2.23. The minimum absolute atomic E-state index is 0.152. The lowest BCUT2D eigenvalue weighted by molar-refractivity contribution is -0.117. The molecular formula is C12H14BrN3O2S. The summed E-state index contributed by atoms with van der Waals surface area (Å²) in [5.41, 5.74) is 6.41. The van der Waals surface area contributed by atoms with Crippen LogP contribution in [0.3, 0.4) is 0 Å². The first kappa shape index (κ1) is 14.2. The fraction of sp³-hybridized carbons (Fsp3) is 0.333. The predicted octanol–water partition coefficient (Wildman–Crippen LogP) is 2.11. The van der Waals surface area contributed by atoms with Crippen molar-refractivity contribution in [2.75, 3.05) is 11.5 Å². The molecule has 102 valence electrons. The number of rotatable bonds is 4. The first-order chi connectivity index (χ1) is 9.04. The van der Waals surface area contributed by atoms with E-state index in [2.05, 4.69) is 26.6 Å². The van der Waals surface area contributed by atoms with E-state index in [1.807, 2.05) is 12.1 Å². The number of halogens is 1. The Labute approximate surface area is 123 Å². The van der Waals surface area contributed by atoms with Crippen molar-refractivity contribution < 1.29 is 9.59 Å². The first-order valence-corrected chi connectivity index (χ1v) is 7.60. The van der Waals surface area contributed by atoms with Crippen LogP contribution in [0.2, 0.25) is 0 Å². The van der Waals surface area contributed by atoms with Gasteiger partial charge in [0.05, 0.1) is 5.75 Å². The minimum Gasteiger partial charge on any atom is -0.398 e. The molecule has 1 aromatic carbocycles. The summed E-state index contributed by atoms with van der Waals surface area (Å²) in [6, 6.07) is 5.26. The molecule has 0 saturated heterocycles. The second-order valence-electron chi connectivity index (χ2n) is 4.27. The summed E-state index contributed by atoms with van der Waals surface area (Å²) in [4.78, 5) is 23.7. The van der Waals surface area contributed by atoms with Crippen LogP contribution in [0.4, 0.5) is 10.5 Å². The lowest BCUT2D eigenvalue weighted by Gasteiger charge is -2.07. The third-order valence-electron chi connectivity index (χ3n) is 2.50. The summed E-state index contributed by atoms with van der Waals surface area (Å²) in [6.45, 7) is 0. The van der Waals surface area contributed by atoms with Gasteiger partial charge in [-0.15, -0.1) is 11.8 Å². The molecule has 7 heteroatoms. The van der Waals surface area contributed by atoms with E-state index in [1.165, 1.54) is 11.8 Å². The van der Waals surface area contributed by atoms with Gasteiger partial charge < -0.3 is 11.1 Å². The molecule has 1 saturated carbocycles. The molecular weight excluding hydrogens is 330 g/mol. The Balaban J connectivity index is 1.78. The second-order valence-corrected chi connectivity index (χ2v) is 6.20. The maximum Gasteiger partial charge on any atom is 0.321 e. The number of thioether (sulfide) groups is 1. The highest BCUT2D eigenvalue weighted by molar-refractivity contribution is 9.10. The van der Waals surface area contributed by atoms with Gasteiger partial charge in [-0.2, -0.15) is 0 Å². The Morgan fingerprint density at radius 1 is 1.42 bits per heavy atom. The Kier molecular flexibility index (Phi) is 4.71. The average Bonchev–Trinajstić information content (AvgIpc) is 3.14. The van der Waals surface area contributed by atoms with Crippen molar-refractivity contribution in [1.82, 2.24) is 10.6 Å². The number of carbonyl (C=O) groups excluding carboxylic acids is 2. The molecule has 1 aliphatic rings.